The highest BCUT2D eigenvalue weighted by atomic mass is 16.6. The van der Waals surface area contributed by atoms with Gasteiger partial charge in [0, 0.05) is 18.9 Å². The Labute approximate surface area is 174 Å². The number of methoxy groups -OCH3 is 1. The highest BCUT2D eigenvalue weighted by Gasteiger charge is 2.28. The zero-order valence-corrected chi connectivity index (χ0v) is 17.7. The largest absolute Gasteiger partial charge is 0.469 e. The van der Waals surface area contributed by atoms with Crippen LogP contribution < -0.4 is 0 Å². The van der Waals surface area contributed by atoms with Crippen LogP contribution in [0.3, 0.4) is 0 Å². The Morgan fingerprint density at radius 3 is 1.69 bits per heavy atom. The van der Waals surface area contributed by atoms with E-state index in [1.165, 1.54) is 39.2 Å². The van der Waals surface area contributed by atoms with E-state index in [4.69, 9.17) is 14.2 Å². The second-order valence-electron chi connectivity index (χ2n) is 8.59. The molecular formula is C23H36O6. The van der Waals surface area contributed by atoms with Crippen LogP contribution in [0.4, 0.5) is 0 Å². The van der Waals surface area contributed by atoms with Gasteiger partial charge in [0.1, 0.15) is 13.2 Å². The van der Waals surface area contributed by atoms with E-state index in [2.05, 4.69) is 6.58 Å². The highest BCUT2D eigenvalue weighted by molar-refractivity contribution is 5.81. The van der Waals surface area contributed by atoms with Crippen LogP contribution in [-0.4, -0.2) is 38.2 Å². The molecule has 0 unspecified atom stereocenters. The summed E-state index contributed by atoms with van der Waals surface area (Å²) in [6, 6.07) is 0. The quantitative estimate of drug-likeness (QED) is 0.233. The molecule has 0 bridgehead atoms. The molecule has 2 aliphatic carbocycles. The molecule has 0 N–H and O–H groups in total. The van der Waals surface area contributed by atoms with Gasteiger partial charge in [0.15, 0.2) is 0 Å². The summed E-state index contributed by atoms with van der Waals surface area (Å²) in [5.74, 6) is 1.67. The third kappa shape index (κ3) is 9.01. The van der Waals surface area contributed by atoms with Crippen molar-refractivity contribution in [2.24, 2.45) is 23.7 Å². The van der Waals surface area contributed by atoms with Crippen molar-refractivity contribution in [2.75, 3.05) is 20.3 Å². The normalized spacial score (nSPS) is 26.9. The predicted molar refractivity (Wildman–Crippen MR) is 109 cm³/mol. The molecule has 0 aromatic rings. The maximum atomic E-state index is 11.9. The number of rotatable bonds is 10. The van der Waals surface area contributed by atoms with Gasteiger partial charge < -0.3 is 14.2 Å². The molecule has 164 valence electrons. The number of ether oxygens (including phenoxy) is 3. The van der Waals surface area contributed by atoms with Gasteiger partial charge in [-0.2, -0.15) is 0 Å². The molecule has 0 aromatic heterocycles. The molecular weight excluding hydrogens is 372 g/mol. The summed E-state index contributed by atoms with van der Waals surface area (Å²) >= 11 is 0. The number of carbonyl (C=O) groups is 3. The van der Waals surface area contributed by atoms with E-state index in [0.717, 1.165) is 43.6 Å². The molecule has 0 radical (unpaired) electrons. The minimum absolute atomic E-state index is 0.0746. The Bertz CT molecular complexity index is 542. The fraction of sp³-hybridized carbons (Fsp3) is 0.783. The van der Waals surface area contributed by atoms with Crippen LogP contribution in [0.1, 0.15) is 70.6 Å². The van der Waals surface area contributed by atoms with Crippen molar-refractivity contribution < 1.29 is 28.6 Å². The number of hydrogen-bond donors (Lipinski definition) is 0. The van der Waals surface area contributed by atoms with Gasteiger partial charge in [-0.05, 0) is 55.8 Å². The monoisotopic (exact) mass is 408 g/mol. The van der Waals surface area contributed by atoms with Crippen LogP contribution in [0.15, 0.2) is 12.7 Å². The Kier molecular flexibility index (Phi) is 10.2. The lowest BCUT2D eigenvalue weighted by Gasteiger charge is -2.33. The van der Waals surface area contributed by atoms with Gasteiger partial charge >= 0.3 is 17.9 Å². The fourth-order valence-corrected chi connectivity index (χ4v) is 4.78. The average Bonchev–Trinajstić information content (AvgIpc) is 2.73. The van der Waals surface area contributed by atoms with Gasteiger partial charge in [-0.15, -0.1) is 0 Å². The summed E-state index contributed by atoms with van der Waals surface area (Å²) < 4.78 is 14.7. The van der Waals surface area contributed by atoms with E-state index in [0.29, 0.717) is 24.7 Å². The topological polar surface area (TPSA) is 78.9 Å². The molecule has 0 spiro atoms. The van der Waals surface area contributed by atoms with E-state index < -0.39 is 5.97 Å². The van der Waals surface area contributed by atoms with E-state index >= 15 is 0 Å². The number of carbonyl (C=O) groups excluding carboxylic acids is 3. The lowest BCUT2D eigenvalue weighted by atomic mass is 9.72. The molecule has 0 atom stereocenters. The van der Waals surface area contributed by atoms with Crippen molar-refractivity contribution in [1.82, 2.24) is 0 Å². The zero-order chi connectivity index (χ0) is 21.1. The minimum Gasteiger partial charge on any atom is -0.469 e. The second kappa shape index (κ2) is 12.7. The van der Waals surface area contributed by atoms with Crippen molar-refractivity contribution in [3.8, 4) is 0 Å². The molecule has 0 saturated heterocycles. The van der Waals surface area contributed by atoms with Crippen LogP contribution >= 0.6 is 0 Å². The summed E-state index contributed by atoms with van der Waals surface area (Å²) in [6.07, 6.45) is 12.7. The van der Waals surface area contributed by atoms with Crippen LogP contribution in [0, 0.1) is 23.7 Å². The number of hydrogen-bond acceptors (Lipinski definition) is 6. The third-order valence-electron chi connectivity index (χ3n) is 6.50. The smallest absolute Gasteiger partial charge is 0.330 e. The van der Waals surface area contributed by atoms with Gasteiger partial charge in [0.2, 0.25) is 0 Å². The van der Waals surface area contributed by atoms with Crippen LogP contribution in [0.2, 0.25) is 0 Å². The summed E-state index contributed by atoms with van der Waals surface area (Å²) in [7, 11) is 1.46. The first-order valence-electron chi connectivity index (χ1n) is 11.0. The Balaban J connectivity index is 1.55. The first-order chi connectivity index (χ1) is 14.0. The Morgan fingerprint density at radius 1 is 0.759 bits per heavy atom. The van der Waals surface area contributed by atoms with Crippen molar-refractivity contribution in [3.63, 3.8) is 0 Å². The summed E-state index contributed by atoms with van der Waals surface area (Å²) in [4.78, 5) is 34.3. The first-order valence-corrected chi connectivity index (χ1v) is 11.0. The molecule has 0 amide bonds. The first kappa shape index (κ1) is 23.4. The van der Waals surface area contributed by atoms with Crippen LogP contribution in [0.25, 0.3) is 0 Å². The fourth-order valence-electron chi connectivity index (χ4n) is 4.78. The molecule has 2 saturated carbocycles. The maximum absolute atomic E-state index is 11.9. The molecule has 0 aliphatic heterocycles. The number of esters is 3. The lowest BCUT2D eigenvalue weighted by Crippen LogP contribution is -2.23. The maximum Gasteiger partial charge on any atom is 0.330 e. The van der Waals surface area contributed by atoms with Gasteiger partial charge in [-0.3, -0.25) is 9.59 Å². The van der Waals surface area contributed by atoms with Crippen molar-refractivity contribution in [2.45, 2.75) is 70.6 Å². The average molecular weight is 409 g/mol. The Hall–Kier alpha value is -1.85. The summed E-state index contributed by atoms with van der Waals surface area (Å²) in [6.45, 7) is 3.49. The molecule has 6 heteroatoms. The van der Waals surface area contributed by atoms with E-state index in [-0.39, 0.29) is 25.2 Å². The van der Waals surface area contributed by atoms with Crippen LogP contribution in [0.5, 0.6) is 0 Å². The molecule has 6 nitrogen and oxygen atoms in total. The van der Waals surface area contributed by atoms with Crippen molar-refractivity contribution in [3.05, 3.63) is 12.7 Å². The zero-order valence-electron chi connectivity index (χ0n) is 17.7. The summed E-state index contributed by atoms with van der Waals surface area (Å²) in [5.41, 5.74) is 0. The van der Waals surface area contributed by atoms with E-state index in [9.17, 15) is 14.4 Å². The predicted octanol–water partition coefficient (Wildman–Crippen LogP) is 4.21. The van der Waals surface area contributed by atoms with Gasteiger partial charge in [0.05, 0.1) is 7.11 Å². The molecule has 0 heterocycles. The third-order valence-corrected chi connectivity index (χ3v) is 6.50. The van der Waals surface area contributed by atoms with Gasteiger partial charge in [0.25, 0.3) is 0 Å². The lowest BCUT2D eigenvalue weighted by molar-refractivity contribution is -0.150. The molecule has 2 aliphatic rings. The second-order valence-corrected chi connectivity index (χ2v) is 8.59. The molecule has 0 aromatic carbocycles. The molecule has 29 heavy (non-hydrogen) atoms. The van der Waals surface area contributed by atoms with Crippen molar-refractivity contribution >= 4 is 17.9 Å². The highest BCUT2D eigenvalue weighted by Crippen LogP contribution is 2.39. The Morgan fingerprint density at radius 2 is 1.21 bits per heavy atom. The molecule has 2 fully saturated rings. The van der Waals surface area contributed by atoms with Crippen molar-refractivity contribution in [1.29, 1.82) is 0 Å². The van der Waals surface area contributed by atoms with E-state index in [1.54, 1.807) is 0 Å². The van der Waals surface area contributed by atoms with E-state index in [1.807, 2.05) is 0 Å². The molecule has 2 rings (SSSR count). The standard InChI is InChI=1S/C23H36O6/c1-3-21(24)28-12-13-29-23(26)16-20-10-6-18(7-11-20)14-17-4-8-19(9-5-17)15-22(25)27-2/h3,17-20H,1,4-16H2,2H3. The van der Waals surface area contributed by atoms with Gasteiger partial charge in [-0.25, -0.2) is 4.79 Å². The summed E-state index contributed by atoms with van der Waals surface area (Å²) in [5, 5.41) is 0. The minimum atomic E-state index is -0.503. The van der Waals surface area contributed by atoms with Gasteiger partial charge in [-0.1, -0.05) is 32.3 Å². The SMILES string of the molecule is C=CC(=O)OCCOC(=O)CC1CCC(CC2CCC(CC(=O)OC)CC2)CC1. The van der Waals surface area contributed by atoms with Crippen LogP contribution in [-0.2, 0) is 28.6 Å².